The lowest BCUT2D eigenvalue weighted by Crippen LogP contribution is -2.67. The van der Waals surface area contributed by atoms with Crippen LogP contribution in [-0.4, -0.2) is 46.6 Å². The molecule has 0 saturated heterocycles. The van der Waals surface area contributed by atoms with E-state index in [0.717, 1.165) is 44.9 Å². The Kier molecular flexibility index (Phi) is 8.26. The number of aliphatic hydroxyl groups excluding tert-OH is 1. The molecule has 4 saturated carbocycles. The maximum Gasteiger partial charge on any atom is 0.331 e. The number of rotatable bonds is 5. The number of hydrogen-bond donors (Lipinski definition) is 3. The number of methoxy groups -OCH3 is 1. The first-order valence-corrected chi connectivity index (χ1v) is 17.8. The van der Waals surface area contributed by atoms with Gasteiger partial charge in [0.1, 0.15) is 6.10 Å². The van der Waals surface area contributed by atoms with Crippen LogP contribution in [0.2, 0.25) is 0 Å². The van der Waals surface area contributed by atoms with Crippen molar-refractivity contribution in [3.8, 4) is 11.5 Å². The Balaban J connectivity index is 1.27. The van der Waals surface area contributed by atoms with Crippen LogP contribution in [0.1, 0.15) is 105 Å². The molecule has 4 fully saturated rings. The highest BCUT2D eigenvalue weighted by atomic mass is 16.6. The first-order chi connectivity index (χ1) is 22.0. The second-order valence-corrected chi connectivity index (χ2v) is 17.3. The van der Waals surface area contributed by atoms with Crippen LogP contribution in [0.5, 0.6) is 11.5 Å². The van der Waals surface area contributed by atoms with Crippen LogP contribution >= 0.6 is 0 Å². The predicted molar refractivity (Wildman–Crippen MR) is 182 cm³/mol. The van der Waals surface area contributed by atoms with Crippen LogP contribution in [0.4, 0.5) is 0 Å². The summed E-state index contributed by atoms with van der Waals surface area (Å²) in [6, 6.07) is 4.92. The molecular weight excluding hydrogens is 592 g/mol. The van der Waals surface area contributed by atoms with E-state index >= 15 is 0 Å². The summed E-state index contributed by atoms with van der Waals surface area (Å²) >= 11 is 0. The third-order valence-electron chi connectivity index (χ3n) is 15.2. The number of esters is 1. The van der Waals surface area contributed by atoms with Crippen molar-refractivity contribution in [1.82, 2.24) is 0 Å². The van der Waals surface area contributed by atoms with Crippen LogP contribution in [0.25, 0.3) is 6.08 Å². The molecule has 0 bridgehead atoms. The monoisotopic (exact) mass is 648 g/mol. The Labute approximate surface area is 280 Å². The van der Waals surface area contributed by atoms with Gasteiger partial charge in [0, 0.05) is 11.5 Å². The molecule has 5 aliphatic carbocycles. The lowest BCUT2D eigenvalue weighted by Gasteiger charge is -2.71. The summed E-state index contributed by atoms with van der Waals surface area (Å²) in [4.78, 5) is 26.1. The van der Waals surface area contributed by atoms with Crippen LogP contribution in [0, 0.1) is 56.7 Å². The molecule has 1 aromatic rings. The smallest absolute Gasteiger partial charge is 0.331 e. The molecule has 0 amide bonds. The van der Waals surface area contributed by atoms with Gasteiger partial charge in [-0.05, 0) is 121 Å². The van der Waals surface area contributed by atoms with E-state index in [1.54, 1.807) is 18.2 Å². The lowest BCUT2D eigenvalue weighted by molar-refractivity contribution is -0.238. The van der Waals surface area contributed by atoms with Gasteiger partial charge in [-0.1, -0.05) is 66.2 Å². The molecule has 5 aliphatic rings. The number of carboxylic acids is 1. The van der Waals surface area contributed by atoms with Gasteiger partial charge < -0.3 is 24.8 Å². The van der Waals surface area contributed by atoms with Gasteiger partial charge in [-0.3, -0.25) is 4.79 Å². The summed E-state index contributed by atoms with van der Waals surface area (Å²) in [6.07, 6.45) is 10.8. The van der Waals surface area contributed by atoms with Crippen molar-refractivity contribution in [2.45, 2.75) is 112 Å². The molecule has 1 aromatic carbocycles. The number of carbonyl (C=O) groups excluding carboxylic acids is 1. The van der Waals surface area contributed by atoms with E-state index in [1.807, 2.05) is 0 Å². The molecular formula is C40H56O7. The number of ether oxygens (including phenoxy) is 2. The number of allylic oxidation sites excluding steroid dienone is 2. The highest BCUT2D eigenvalue weighted by molar-refractivity contribution is 5.87. The van der Waals surface area contributed by atoms with Crippen molar-refractivity contribution in [1.29, 1.82) is 0 Å². The lowest BCUT2D eigenvalue weighted by atomic mass is 9.33. The number of aromatic hydroxyl groups is 1. The predicted octanol–water partition coefficient (Wildman–Crippen LogP) is 8.04. The number of fused-ring (bicyclic) bond motifs is 7. The van der Waals surface area contributed by atoms with E-state index in [-0.39, 0.29) is 33.8 Å². The van der Waals surface area contributed by atoms with Crippen molar-refractivity contribution in [3.63, 3.8) is 0 Å². The van der Waals surface area contributed by atoms with Gasteiger partial charge in [0.15, 0.2) is 11.5 Å². The third kappa shape index (κ3) is 4.83. The van der Waals surface area contributed by atoms with Crippen molar-refractivity contribution in [2.24, 2.45) is 56.7 Å². The molecule has 0 heterocycles. The van der Waals surface area contributed by atoms with Crippen molar-refractivity contribution < 1.29 is 34.4 Å². The zero-order valence-electron chi connectivity index (χ0n) is 29.6. The number of carboxylic acid groups (broad SMARTS) is 1. The van der Waals surface area contributed by atoms with Gasteiger partial charge in [0.2, 0.25) is 0 Å². The van der Waals surface area contributed by atoms with Crippen LogP contribution < -0.4 is 4.74 Å². The molecule has 11 atom stereocenters. The second kappa shape index (κ2) is 11.4. The van der Waals surface area contributed by atoms with Gasteiger partial charge in [0.05, 0.1) is 18.6 Å². The number of hydrogen-bond acceptors (Lipinski definition) is 6. The molecule has 0 aliphatic heterocycles. The van der Waals surface area contributed by atoms with Gasteiger partial charge in [-0.15, -0.1) is 0 Å². The summed E-state index contributed by atoms with van der Waals surface area (Å²) in [5, 5.41) is 32.6. The Morgan fingerprint density at radius 3 is 2.36 bits per heavy atom. The Bertz CT molecular complexity index is 1490. The van der Waals surface area contributed by atoms with E-state index in [0.29, 0.717) is 35.5 Å². The van der Waals surface area contributed by atoms with Crippen molar-refractivity contribution in [3.05, 3.63) is 41.5 Å². The molecule has 3 N–H and O–H groups in total. The Morgan fingerprint density at radius 2 is 1.70 bits per heavy atom. The van der Waals surface area contributed by atoms with Crippen molar-refractivity contribution >= 4 is 18.0 Å². The van der Waals surface area contributed by atoms with E-state index in [9.17, 15) is 24.9 Å². The Hall–Kier alpha value is -2.80. The van der Waals surface area contributed by atoms with E-state index in [1.165, 1.54) is 24.8 Å². The van der Waals surface area contributed by atoms with E-state index in [2.05, 4.69) is 54.5 Å². The minimum absolute atomic E-state index is 0.00813. The summed E-state index contributed by atoms with van der Waals surface area (Å²) in [5.74, 6) is 0.687. The fourth-order valence-electron chi connectivity index (χ4n) is 12.4. The summed E-state index contributed by atoms with van der Waals surface area (Å²) in [7, 11) is 1.48. The number of benzene rings is 1. The number of aliphatic hydroxyl groups is 1. The molecule has 7 nitrogen and oxygen atoms in total. The minimum Gasteiger partial charge on any atom is -0.504 e. The standard InChI is InChI=1S/C40H56O7/c1-23-15-18-40(35(44)45)20-19-38(6)26(33(40)24(23)2)11-13-31-37(5)22-28(42)34(36(3,4)30(37)16-17-39(31,38)7)47-32(43)14-10-25-9-12-29(46-8)27(41)21-25/h9-12,14,21,23-24,28,30-31,33-34,41-42H,13,15-20,22H2,1-8H3,(H,44,45)/b14-10+/t23-,24+,28-,30+,31-,33?,34-,37+,38-,39-,40+/m1/s1. The fraction of sp³-hybridized carbons (Fsp3) is 0.700. The van der Waals surface area contributed by atoms with Gasteiger partial charge in [-0.25, -0.2) is 4.79 Å². The largest absolute Gasteiger partial charge is 0.504 e. The maximum absolute atomic E-state index is 13.1. The van der Waals surface area contributed by atoms with E-state index in [4.69, 9.17) is 9.47 Å². The number of phenolic OH excluding ortho intramolecular Hbond substituents is 1. The molecule has 6 rings (SSSR count). The van der Waals surface area contributed by atoms with Gasteiger partial charge >= 0.3 is 11.9 Å². The second-order valence-electron chi connectivity index (χ2n) is 17.3. The highest BCUT2D eigenvalue weighted by Gasteiger charge is 2.70. The molecule has 0 radical (unpaired) electrons. The number of phenols is 1. The minimum atomic E-state index is -0.806. The number of carbonyl (C=O) groups is 2. The zero-order valence-corrected chi connectivity index (χ0v) is 29.6. The average Bonchev–Trinajstić information content (AvgIpc) is 3.00. The van der Waals surface area contributed by atoms with Crippen LogP contribution in [0.3, 0.4) is 0 Å². The van der Waals surface area contributed by atoms with Gasteiger partial charge in [0.25, 0.3) is 0 Å². The zero-order chi connectivity index (χ0) is 34.3. The van der Waals surface area contributed by atoms with Gasteiger partial charge in [-0.2, -0.15) is 0 Å². The summed E-state index contributed by atoms with van der Waals surface area (Å²) in [6.45, 7) is 16.2. The topological polar surface area (TPSA) is 113 Å². The quantitative estimate of drug-likeness (QED) is 0.168. The SMILES string of the molecule is COc1ccc(/C=C/C(=O)O[C@@H]2[C@H](O)C[C@]3(C)[C@H]4CC=C5C6[C@@H](C)[C@H](C)CC[C@]6(C(=O)O)CC[C@@]5(C)[C@]4(C)CC[C@H]3C2(C)C)cc1O. The summed E-state index contributed by atoms with van der Waals surface area (Å²) < 4.78 is 11.2. The van der Waals surface area contributed by atoms with Crippen LogP contribution in [-0.2, 0) is 14.3 Å². The molecule has 1 unspecified atom stereocenters. The van der Waals surface area contributed by atoms with Crippen molar-refractivity contribution in [2.75, 3.05) is 7.11 Å². The normalized spacial score (nSPS) is 43.9. The van der Waals surface area contributed by atoms with Crippen LogP contribution in [0.15, 0.2) is 35.9 Å². The average molecular weight is 649 g/mol. The highest BCUT2D eigenvalue weighted by Crippen LogP contribution is 2.75. The molecule has 0 aromatic heterocycles. The first kappa shape index (κ1) is 34.1. The first-order valence-electron chi connectivity index (χ1n) is 17.8. The third-order valence-corrected chi connectivity index (χ3v) is 15.2. The van der Waals surface area contributed by atoms with E-state index < -0.39 is 35.0 Å². The maximum atomic E-state index is 13.1. The number of aliphatic carboxylic acids is 1. The fourth-order valence-corrected chi connectivity index (χ4v) is 12.4. The molecule has 258 valence electrons. The molecule has 0 spiro atoms. The summed E-state index contributed by atoms with van der Waals surface area (Å²) in [5.41, 5.74) is 0.625. The molecule has 7 heteroatoms. The molecule has 47 heavy (non-hydrogen) atoms. The Morgan fingerprint density at radius 1 is 0.979 bits per heavy atom.